The van der Waals surface area contributed by atoms with Gasteiger partial charge in [-0.3, -0.25) is 14.6 Å². The van der Waals surface area contributed by atoms with Crippen LogP contribution in [0.25, 0.3) is 11.4 Å². The summed E-state index contributed by atoms with van der Waals surface area (Å²) in [6, 6.07) is 5.30. The summed E-state index contributed by atoms with van der Waals surface area (Å²) in [5.74, 6) is -0.704. The highest BCUT2D eigenvalue weighted by Gasteiger charge is 2.16. The topological polar surface area (TPSA) is 99.0 Å². The van der Waals surface area contributed by atoms with Gasteiger partial charge in [0.1, 0.15) is 11.4 Å². The van der Waals surface area contributed by atoms with E-state index >= 15 is 0 Å². The summed E-state index contributed by atoms with van der Waals surface area (Å²) in [5.41, 5.74) is 1.27. The van der Waals surface area contributed by atoms with Crippen molar-refractivity contribution in [3.63, 3.8) is 0 Å². The van der Waals surface area contributed by atoms with Gasteiger partial charge in [0.05, 0.1) is 24.2 Å². The Labute approximate surface area is 156 Å². The molecule has 0 saturated carbocycles. The summed E-state index contributed by atoms with van der Waals surface area (Å²) in [7, 11) is -3.84. The molecule has 0 unspecified atom stereocenters. The summed E-state index contributed by atoms with van der Waals surface area (Å²) in [6.07, 6.45) is 6.45. The molecule has 0 fully saturated rings. The number of nitrogens with zero attached hydrogens (tertiary/aromatic N) is 4. The highest BCUT2D eigenvalue weighted by Crippen LogP contribution is 2.21. The first kappa shape index (κ1) is 18.9. The van der Waals surface area contributed by atoms with E-state index in [-0.39, 0.29) is 17.2 Å². The Bertz CT molecular complexity index is 1010. The fraction of sp³-hybridized carbons (Fsp3) is 0.235. The molecule has 3 rings (SSSR count). The van der Waals surface area contributed by atoms with Gasteiger partial charge >= 0.3 is 0 Å². The van der Waals surface area contributed by atoms with Crippen LogP contribution in [-0.4, -0.2) is 41.3 Å². The highest BCUT2D eigenvalue weighted by molar-refractivity contribution is 7.89. The average Bonchev–Trinajstić information content (AvgIpc) is 3.13. The molecule has 0 aliphatic carbocycles. The zero-order valence-electron chi connectivity index (χ0n) is 14.5. The van der Waals surface area contributed by atoms with Gasteiger partial charge in [0.25, 0.3) is 0 Å². The number of rotatable bonds is 8. The lowest BCUT2D eigenvalue weighted by molar-refractivity contribution is 0.321. The molecular weight excluding hydrogens is 373 g/mol. The van der Waals surface area contributed by atoms with Gasteiger partial charge in [0, 0.05) is 25.1 Å². The van der Waals surface area contributed by atoms with E-state index in [0.29, 0.717) is 24.5 Å². The number of ether oxygens (including phenoxy) is 1. The first-order valence-corrected chi connectivity index (χ1v) is 9.70. The molecule has 1 N–H and O–H groups in total. The molecule has 0 spiro atoms. The SMILES string of the molecule is CCOc1ccc(S(=O)(=O)NCCn2ccc(-c3cnccn3)n2)cc1F. The zero-order valence-corrected chi connectivity index (χ0v) is 15.4. The van der Waals surface area contributed by atoms with E-state index in [9.17, 15) is 12.8 Å². The van der Waals surface area contributed by atoms with Crippen LogP contribution in [0, 0.1) is 5.82 Å². The molecule has 10 heteroatoms. The van der Waals surface area contributed by atoms with Crippen LogP contribution in [0.15, 0.2) is 53.9 Å². The number of sulfonamides is 1. The lowest BCUT2D eigenvalue weighted by atomic mass is 10.3. The number of aromatic nitrogens is 4. The molecule has 0 radical (unpaired) electrons. The van der Waals surface area contributed by atoms with Gasteiger partial charge in [0.15, 0.2) is 11.6 Å². The van der Waals surface area contributed by atoms with E-state index in [0.717, 1.165) is 6.07 Å². The lowest BCUT2D eigenvalue weighted by Crippen LogP contribution is -2.27. The fourth-order valence-electron chi connectivity index (χ4n) is 2.35. The molecule has 0 saturated heterocycles. The molecule has 8 nitrogen and oxygen atoms in total. The molecule has 0 atom stereocenters. The molecule has 2 heterocycles. The lowest BCUT2D eigenvalue weighted by Gasteiger charge is -2.09. The monoisotopic (exact) mass is 391 g/mol. The van der Waals surface area contributed by atoms with E-state index in [4.69, 9.17) is 4.74 Å². The van der Waals surface area contributed by atoms with Crippen LogP contribution in [0.5, 0.6) is 5.75 Å². The Hall–Kier alpha value is -2.85. The molecule has 1 aromatic carbocycles. The standard InChI is InChI=1S/C17H18FN5O3S/c1-2-26-17-4-3-13(11-14(17)18)27(24,25)21-8-10-23-9-5-15(22-23)16-12-19-6-7-20-16/h3-7,9,11-12,21H,2,8,10H2,1H3. The minimum absolute atomic E-state index is 0.0181. The predicted molar refractivity (Wildman–Crippen MR) is 96.0 cm³/mol. The number of benzene rings is 1. The molecule has 0 bridgehead atoms. The third kappa shape index (κ3) is 4.66. The summed E-state index contributed by atoms with van der Waals surface area (Å²) in [4.78, 5) is 7.97. The number of hydrogen-bond donors (Lipinski definition) is 1. The van der Waals surface area contributed by atoms with Gasteiger partial charge in [-0.1, -0.05) is 0 Å². The van der Waals surface area contributed by atoms with E-state index in [1.165, 1.54) is 12.1 Å². The molecule has 3 aromatic rings. The summed E-state index contributed by atoms with van der Waals surface area (Å²) in [6.45, 7) is 2.41. The summed E-state index contributed by atoms with van der Waals surface area (Å²) < 4.78 is 47.6. The van der Waals surface area contributed by atoms with Crippen LogP contribution in [0.4, 0.5) is 4.39 Å². The van der Waals surface area contributed by atoms with Gasteiger partial charge < -0.3 is 4.74 Å². The normalized spacial score (nSPS) is 11.5. The minimum Gasteiger partial charge on any atom is -0.491 e. The quantitative estimate of drug-likeness (QED) is 0.629. The van der Waals surface area contributed by atoms with Crippen molar-refractivity contribution in [2.45, 2.75) is 18.4 Å². The molecule has 27 heavy (non-hydrogen) atoms. The molecular formula is C17H18FN5O3S. The molecule has 0 aliphatic rings. The average molecular weight is 391 g/mol. The predicted octanol–water partition coefficient (Wildman–Crippen LogP) is 1.86. The number of hydrogen-bond acceptors (Lipinski definition) is 6. The van der Waals surface area contributed by atoms with Gasteiger partial charge in [-0.15, -0.1) is 0 Å². The van der Waals surface area contributed by atoms with Crippen molar-refractivity contribution in [3.05, 3.63) is 54.9 Å². The van der Waals surface area contributed by atoms with Crippen LogP contribution >= 0.6 is 0 Å². The van der Waals surface area contributed by atoms with Crippen molar-refractivity contribution in [2.24, 2.45) is 0 Å². The fourth-order valence-corrected chi connectivity index (χ4v) is 3.39. The van der Waals surface area contributed by atoms with Crippen molar-refractivity contribution in [3.8, 4) is 17.1 Å². The Morgan fingerprint density at radius 2 is 2.07 bits per heavy atom. The van der Waals surface area contributed by atoms with E-state index < -0.39 is 15.8 Å². The van der Waals surface area contributed by atoms with Crippen molar-refractivity contribution >= 4 is 10.0 Å². The summed E-state index contributed by atoms with van der Waals surface area (Å²) in [5, 5.41) is 4.32. The van der Waals surface area contributed by atoms with Crippen LogP contribution in [0.1, 0.15) is 6.92 Å². The van der Waals surface area contributed by atoms with E-state index in [2.05, 4.69) is 19.8 Å². The van der Waals surface area contributed by atoms with Gasteiger partial charge in [-0.05, 0) is 31.2 Å². The van der Waals surface area contributed by atoms with Gasteiger partial charge in [-0.25, -0.2) is 17.5 Å². The summed E-state index contributed by atoms with van der Waals surface area (Å²) >= 11 is 0. The second-order valence-corrected chi connectivity index (χ2v) is 7.24. The Morgan fingerprint density at radius 3 is 2.78 bits per heavy atom. The smallest absolute Gasteiger partial charge is 0.240 e. The van der Waals surface area contributed by atoms with Crippen LogP contribution < -0.4 is 9.46 Å². The Kier molecular flexibility index (Phi) is 5.77. The first-order valence-electron chi connectivity index (χ1n) is 8.21. The van der Waals surface area contributed by atoms with E-state index in [1.807, 2.05) is 0 Å². The Balaban J connectivity index is 1.61. The third-order valence-corrected chi connectivity index (χ3v) is 5.07. The molecule has 0 aliphatic heterocycles. The van der Waals surface area contributed by atoms with Crippen molar-refractivity contribution in [1.82, 2.24) is 24.5 Å². The maximum atomic E-state index is 13.9. The minimum atomic E-state index is -3.84. The Morgan fingerprint density at radius 1 is 1.22 bits per heavy atom. The van der Waals surface area contributed by atoms with Crippen LogP contribution in [0.3, 0.4) is 0 Å². The van der Waals surface area contributed by atoms with Gasteiger partial charge in [-0.2, -0.15) is 5.10 Å². The zero-order chi connectivity index (χ0) is 19.3. The highest BCUT2D eigenvalue weighted by atomic mass is 32.2. The van der Waals surface area contributed by atoms with Crippen molar-refractivity contribution in [1.29, 1.82) is 0 Å². The largest absolute Gasteiger partial charge is 0.491 e. The van der Waals surface area contributed by atoms with Crippen molar-refractivity contribution in [2.75, 3.05) is 13.2 Å². The second kappa shape index (κ2) is 8.23. The van der Waals surface area contributed by atoms with Crippen molar-refractivity contribution < 1.29 is 17.5 Å². The number of halogens is 1. The van der Waals surface area contributed by atoms with Crippen LogP contribution in [0.2, 0.25) is 0 Å². The number of nitrogens with one attached hydrogen (secondary N) is 1. The first-order chi connectivity index (χ1) is 13.0. The molecule has 2 aromatic heterocycles. The third-order valence-electron chi connectivity index (χ3n) is 3.61. The molecule has 142 valence electrons. The maximum Gasteiger partial charge on any atom is 0.240 e. The molecule has 0 amide bonds. The van der Waals surface area contributed by atoms with Crippen LogP contribution in [-0.2, 0) is 16.6 Å². The second-order valence-electron chi connectivity index (χ2n) is 5.48. The van der Waals surface area contributed by atoms with E-state index in [1.54, 1.807) is 42.5 Å². The van der Waals surface area contributed by atoms with Gasteiger partial charge in [0.2, 0.25) is 10.0 Å². The maximum absolute atomic E-state index is 13.9.